The Balaban J connectivity index is 1.52. The molecule has 0 radical (unpaired) electrons. The maximum atomic E-state index is 13.3. The fraction of sp³-hybridized carbons (Fsp3) is 0.348. The molecule has 2 aromatic carbocycles. The maximum absolute atomic E-state index is 13.3. The molecule has 152 valence electrons. The van der Waals surface area contributed by atoms with Crippen LogP contribution < -0.4 is 14.4 Å². The van der Waals surface area contributed by atoms with Gasteiger partial charge < -0.3 is 23.8 Å². The number of carbonyl (C=O) groups excluding carboxylic acids is 1. The first-order valence-electron chi connectivity index (χ1n) is 9.92. The van der Waals surface area contributed by atoms with E-state index in [0.29, 0.717) is 12.2 Å². The smallest absolute Gasteiger partial charge is 0.270 e. The Hall–Kier alpha value is -3.15. The molecule has 0 spiro atoms. The van der Waals surface area contributed by atoms with Crippen LogP contribution in [0.2, 0.25) is 0 Å². The average Bonchev–Trinajstić information content (AvgIpc) is 2.93. The molecule has 6 heteroatoms. The monoisotopic (exact) mass is 393 g/mol. The van der Waals surface area contributed by atoms with Crippen molar-refractivity contribution in [1.82, 2.24) is 9.47 Å². The van der Waals surface area contributed by atoms with E-state index in [2.05, 4.69) is 17.0 Å². The van der Waals surface area contributed by atoms with Crippen molar-refractivity contribution in [2.75, 3.05) is 45.3 Å². The molecule has 1 aliphatic heterocycles. The number of amides is 1. The molecule has 6 nitrogen and oxygen atoms in total. The van der Waals surface area contributed by atoms with E-state index < -0.39 is 0 Å². The van der Waals surface area contributed by atoms with Gasteiger partial charge >= 0.3 is 0 Å². The van der Waals surface area contributed by atoms with Gasteiger partial charge in [0.05, 0.1) is 19.7 Å². The molecule has 0 atom stereocenters. The summed E-state index contributed by atoms with van der Waals surface area (Å²) in [5.41, 5.74) is 2.85. The molecule has 0 saturated carbocycles. The van der Waals surface area contributed by atoms with Crippen molar-refractivity contribution < 1.29 is 14.3 Å². The highest BCUT2D eigenvalue weighted by Crippen LogP contribution is 2.26. The molecule has 0 bridgehead atoms. The van der Waals surface area contributed by atoms with Crippen LogP contribution >= 0.6 is 0 Å². The summed E-state index contributed by atoms with van der Waals surface area (Å²) in [6.07, 6.45) is 0.931. The van der Waals surface area contributed by atoms with E-state index in [0.717, 1.165) is 54.1 Å². The van der Waals surface area contributed by atoms with E-state index in [9.17, 15) is 4.79 Å². The van der Waals surface area contributed by atoms with Crippen molar-refractivity contribution in [3.05, 3.63) is 54.2 Å². The van der Waals surface area contributed by atoms with Gasteiger partial charge in [0.15, 0.2) is 0 Å². The largest absolute Gasteiger partial charge is 0.497 e. The lowest BCUT2D eigenvalue weighted by molar-refractivity contribution is 0.0758. The van der Waals surface area contributed by atoms with Crippen LogP contribution in [0.1, 0.15) is 16.9 Å². The highest BCUT2D eigenvalue weighted by molar-refractivity contribution is 5.99. The number of rotatable bonds is 4. The first-order chi connectivity index (χ1) is 14.1. The quantitative estimate of drug-likeness (QED) is 0.680. The molecule has 29 heavy (non-hydrogen) atoms. The van der Waals surface area contributed by atoms with Crippen LogP contribution in [0.4, 0.5) is 5.69 Å². The van der Waals surface area contributed by atoms with Crippen molar-refractivity contribution >= 4 is 22.5 Å². The summed E-state index contributed by atoms with van der Waals surface area (Å²) < 4.78 is 12.6. The van der Waals surface area contributed by atoms with Gasteiger partial charge in [0, 0.05) is 56.4 Å². The number of nitrogens with zero attached hydrogens (tertiary/aromatic N) is 3. The third-order valence-corrected chi connectivity index (χ3v) is 5.67. The zero-order valence-electron chi connectivity index (χ0n) is 17.2. The third-order valence-electron chi connectivity index (χ3n) is 5.67. The second kappa shape index (κ2) is 8.07. The predicted octanol–water partition coefficient (Wildman–Crippen LogP) is 3.55. The van der Waals surface area contributed by atoms with Gasteiger partial charge in [0.2, 0.25) is 0 Å². The average molecular weight is 393 g/mol. The van der Waals surface area contributed by atoms with Crippen LogP contribution in [0.15, 0.2) is 48.5 Å². The summed E-state index contributed by atoms with van der Waals surface area (Å²) in [6, 6.07) is 16.0. The van der Waals surface area contributed by atoms with Gasteiger partial charge in [0.25, 0.3) is 5.91 Å². The summed E-state index contributed by atoms with van der Waals surface area (Å²) in [5, 5.41) is 1.05. The normalized spacial score (nSPS) is 14.7. The minimum absolute atomic E-state index is 0.0789. The van der Waals surface area contributed by atoms with Crippen molar-refractivity contribution in [3.8, 4) is 11.5 Å². The molecule has 0 unspecified atom stereocenters. The molecule has 2 heterocycles. The summed E-state index contributed by atoms with van der Waals surface area (Å²) in [5.74, 6) is 1.72. The van der Waals surface area contributed by atoms with E-state index >= 15 is 0 Å². The summed E-state index contributed by atoms with van der Waals surface area (Å²) >= 11 is 0. The highest BCUT2D eigenvalue weighted by atomic mass is 16.5. The van der Waals surface area contributed by atoms with E-state index in [4.69, 9.17) is 9.47 Å². The summed E-state index contributed by atoms with van der Waals surface area (Å²) in [6.45, 7) is 3.17. The van der Waals surface area contributed by atoms with Gasteiger partial charge in [-0.2, -0.15) is 0 Å². The lowest BCUT2D eigenvalue weighted by Gasteiger charge is -2.24. The fourth-order valence-corrected chi connectivity index (χ4v) is 3.99. The zero-order valence-corrected chi connectivity index (χ0v) is 17.2. The number of aryl methyl sites for hydroxylation is 1. The van der Waals surface area contributed by atoms with Gasteiger partial charge in [-0.15, -0.1) is 0 Å². The second-order valence-electron chi connectivity index (χ2n) is 7.35. The number of anilines is 1. The number of benzene rings is 2. The maximum Gasteiger partial charge on any atom is 0.270 e. The number of hydrogen-bond acceptors (Lipinski definition) is 4. The summed E-state index contributed by atoms with van der Waals surface area (Å²) in [7, 11) is 5.28. The molecular weight excluding hydrogens is 366 g/mol. The van der Waals surface area contributed by atoms with Crippen LogP contribution in [-0.2, 0) is 7.05 Å². The Bertz CT molecular complexity index is 1030. The van der Waals surface area contributed by atoms with Crippen LogP contribution in [0.25, 0.3) is 10.9 Å². The Morgan fingerprint density at radius 2 is 1.69 bits per heavy atom. The fourth-order valence-electron chi connectivity index (χ4n) is 3.99. The zero-order chi connectivity index (χ0) is 20.4. The number of hydrogen-bond donors (Lipinski definition) is 0. The van der Waals surface area contributed by atoms with Crippen LogP contribution in [0.3, 0.4) is 0 Å². The Morgan fingerprint density at radius 3 is 2.48 bits per heavy atom. The first-order valence-corrected chi connectivity index (χ1v) is 9.92. The number of fused-ring (bicyclic) bond motifs is 1. The molecule has 1 aliphatic rings. The molecule has 1 aromatic heterocycles. The topological polar surface area (TPSA) is 46.9 Å². The van der Waals surface area contributed by atoms with Gasteiger partial charge in [-0.1, -0.05) is 6.07 Å². The molecule has 3 aromatic rings. The highest BCUT2D eigenvalue weighted by Gasteiger charge is 2.23. The number of ether oxygens (including phenoxy) is 2. The minimum atomic E-state index is 0.0789. The van der Waals surface area contributed by atoms with Gasteiger partial charge in [-0.3, -0.25) is 4.79 Å². The van der Waals surface area contributed by atoms with Crippen molar-refractivity contribution in [3.63, 3.8) is 0 Å². The number of aromatic nitrogens is 1. The first kappa shape index (κ1) is 19.2. The van der Waals surface area contributed by atoms with Crippen molar-refractivity contribution in [2.45, 2.75) is 6.42 Å². The molecule has 1 fully saturated rings. The number of carbonyl (C=O) groups is 1. The Kier molecular flexibility index (Phi) is 5.34. The van der Waals surface area contributed by atoms with E-state index in [1.54, 1.807) is 14.2 Å². The molecule has 1 amide bonds. The van der Waals surface area contributed by atoms with Crippen molar-refractivity contribution in [2.24, 2.45) is 7.05 Å². The predicted molar refractivity (Wildman–Crippen MR) is 115 cm³/mol. The second-order valence-corrected chi connectivity index (χ2v) is 7.35. The molecule has 0 N–H and O–H groups in total. The standard InChI is InChI=1S/C23H27N3O3/c1-24-21-16-20(29-3)9-8-17(21)14-22(24)23(27)26-11-5-10-25(12-13-26)18-6-4-7-19(15-18)28-2/h4,6-9,14-16H,5,10-13H2,1-3H3. The Morgan fingerprint density at radius 1 is 0.897 bits per heavy atom. The number of methoxy groups -OCH3 is 2. The molecular formula is C23H27N3O3. The lowest BCUT2D eigenvalue weighted by Crippen LogP contribution is -2.36. The van der Waals surface area contributed by atoms with Crippen LogP contribution in [0.5, 0.6) is 11.5 Å². The van der Waals surface area contributed by atoms with Crippen LogP contribution in [0, 0.1) is 0 Å². The van der Waals surface area contributed by atoms with Crippen molar-refractivity contribution in [1.29, 1.82) is 0 Å². The molecule has 1 saturated heterocycles. The van der Waals surface area contributed by atoms with Gasteiger partial charge in [-0.05, 0) is 36.8 Å². The molecule has 4 rings (SSSR count). The van der Waals surface area contributed by atoms with E-state index in [-0.39, 0.29) is 5.91 Å². The minimum Gasteiger partial charge on any atom is -0.497 e. The summed E-state index contributed by atoms with van der Waals surface area (Å²) in [4.78, 5) is 17.6. The third kappa shape index (κ3) is 3.75. The van der Waals surface area contributed by atoms with Gasteiger partial charge in [0.1, 0.15) is 17.2 Å². The SMILES string of the molecule is COc1cccc(N2CCCN(C(=O)c3cc4ccc(OC)cc4n3C)CC2)c1. The van der Waals surface area contributed by atoms with E-state index in [1.165, 1.54) is 0 Å². The van der Waals surface area contributed by atoms with Crippen LogP contribution in [-0.4, -0.2) is 55.8 Å². The molecule has 0 aliphatic carbocycles. The Labute approximate surface area is 171 Å². The van der Waals surface area contributed by atoms with Gasteiger partial charge in [-0.25, -0.2) is 0 Å². The van der Waals surface area contributed by atoms with E-state index in [1.807, 2.05) is 52.9 Å². The lowest BCUT2D eigenvalue weighted by atomic mass is 10.2.